The highest BCUT2D eigenvalue weighted by Gasteiger charge is 2.28. The summed E-state index contributed by atoms with van der Waals surface area (Å²) in [6, 6.07) is 0.761. The summed E-state index contributed by atoms with van der Waals surface area (Å²) in [6.07, 6.45) is 0. The number of hydrogen-bond acceptors (Lipinski definition) is 3. The molecular weight excluding hydrogens is 352 g/mol. The van der Waals surface area contributed by atoms with Crippen molar-refractivity contribution >= 4 is 48.8 Å². The van der Waals surface area contributed by atoms with E-state index in [1.807, 2.05) is 0 Å². The maximum Gasteiger partial charge on any atom is 0.264 e. The summed E-state index contributed by atoms with van der Waals surface area (Å²) in [4.78, 5) is 11.2. The van der Waals surface area contributed by atoms with Crippen LogP contribution in [-0.2, 0) is 9.05 Å². The fourth-order valence-corrected chi connectivity index (χ4v) is 3.74. The molecular formula is C11H11Cl3FNO3S. The molecule has 1 aromatic carbocycles. The molecule has 0 aliphatic carbocycles. The molecule has 112 valence electrons. The minimum Gasteiger partial charge on any atom is -0.347 e. The van der Waals surface area contributed by atoms with Crippen LogP contribution in [0.1, 0.15) is 31.1 Å². The number of benzene rings is 1. The molecule has 0 bridgehead atoms. The van der Waals surface area contributed by atoms with Crippen LogP contribution in [0, 0.1) is 5.82 Å². The van der Waals surface area contributed by atoms with E-state index in [1.165, 1.54) is 0 Å². The van der Waals surface area contributed by atoms with E-state index in [0.29, 0.717) is 0 Å². The zero-order valence-corrected chi connectivity index (χ0v) is 13.8. The maximum atomic E-state index is 13.6. The number of carbonyl (C=O) groups is 1. The average molecular weight is 363 g/mol. The van der Waals surface area contributed by atoms with Crippen LogP contribution in [0.5, 0.6) is 0 Å². The van der Waals surface area contributed by atoms with Crippen LogP contribution < -0.4 is 5.32 Å². The number of nitrogens with one attached hydrogen (secondary N) is 1. The Hall–Kier alpha value is -0.560. The maximum absolute atomic E-state index is 13.6. The molecule has 1 amide bonds. The summed E-state index contributed by atoms with van der Waals surface area (Å²) in [5, 5.41) is 1.26. The van der Waals surface area contributed by atoms with E-state index in [1.54, 1.807) is 20.8 Å². The molecule has 20 heavy (non-hydrogen) atoms. The van der Waals surface area contributed by atoms with E-state index in [-0.39, 0.29) is 5.56 Å². The van der Waals surface area contributed by atoms with E-state index in [0.717, 1.165) is 6.07 Å². The highest BCUT2D eigenvalue weighted by molar-refractivity contribution is 8.14. The quantitative estimate of drug-likeness (QED) is 0.646. The third-order valence-electron chi connectivity index (χ3n) is 2.09. The van der Waals surface area contributed by atoms with Gasteiger partial charge < -0.3 is 5.32 Å². The van der Waals surface area contributed by atoms with Crippen molar-refractivity contribution in [1.82, 2.24) is 5.32 Å². The fraction of sp³-hybridized carbons (Fsp3) is 0.364. The molecule has 0 unspecified atom stereocenters. The lowest BCUT2D eigenvalue weighted by molar-refractivity contribution is 0.0919. The third kappa shape index (κ3) is 3.97. The second kappa shape index (κ2) is 5.67. The van der Waals surface area contributed by atoms with Gasteiger partial charge in [-0.05, 0) is 26.8 Å². The Morgan fingerprint density at radius 3 is 2.15 bits per heavy atom. The first-order valence-corrected chi connectivity index (χ1v) is 8.36. The largest absolute Gasteiger partial charge is 0.347 e. The Labute approximate surface area is 130 Å². The number of hydrogen-bond donors (Lipinski definition) is 1. The van der Waals surface area contributed by atoms with E-state index in [2.05, 4.69) is 5.32 Å². The van der Waals surface area contributed by atoms with Crippen molar-refractivity contribution < 1.29 is 17.6 Å². The SMILES string of the molecule is CC(C)(C)NC(=O)c1cc(F)c(Cl)c(S(=O)(=O)Cl)c1Cl. The molecule has 0 saturated heterocycles. The van der Waals surface area contributed by atoms with Gasteiger partial charge in [-0.1, -0.05) is 23.2 Å². The zero-order valence-electron chi connectivity index (χ0n) is 10.7. The second-order valence-electron chi connectivity index (χ2n) is 5.01. The molecule has 4 nitrogen and oxygen atoms in total. The molecule has 9 heteroatoms. The molecule has 1 rings (SSSR count). The van der Waals surface area contributed by atoms with E-state index in [9.17, 15) is 17.6 Å². The van der Waals surface area contributed by atoms with Gasteiger partial charge in [0.1, 0.15) is 10.7 Å². The summed E-state index contributed by atoms with van der Waals surface area (Å²) >= 11 is 11.4. The van der Waals surface area contributed by atoms with Crippen LogP contribution >= 0.6 is 33.9 Å². The summed E-state index contributed by atoms with van der Waals surface area (Å²) in [5.74, 6) is -1.84. The van der Waals surface area contributed by atoms with Gasteiger partial charge >= 0.3 is 0 Å². The molecule has 0 atom stereocenters. The summed E-state index contributed by atoms with van der Waals surface area (Å²) in [5.41, 5.74) is -0.973. The predicted molar refractivity (Wildman–Crippen MR) is 76.7 cm³/mol. The molecule has 1 aromatic rings. The van der Waals surface area contributed by atoms with Gasteiger partial charge in [0.25, 0.3) is 15.0 Å². The van der Waals surface area contributed by atoms with Crippen molar-refractivity contribution in [2.45, 2.75) is 31.2 Å². The van der Waals surface area contributed by atoms with Gasteiger partial charge in [-0.25, -0.2) is 12.8 Å². The minimum absolute atomic E-state index is 0.359. The molecule has 0 aliphatic heterocycles. The first-order chi connectivity index (χ1) is 8.84. The molecule has 0 spiro atoms. The van der Waals surface area contributed by atoms with Gasteiger partial charge in [-0.2, -0.15) is 0 Å². The van der Waals surface area contributed by atoms with Crippen LogP contribution in [0.15, 0.2) is 11.0 Å². The Bertz CT molecular complexity index is 668. The normalized spacial score (nSPS) is 12.3. The first-order valence-electron chi connectivity index (χ1n) is 5.29. The van der Waals surface area contributed by atoms with Crippen LogP contribution in [-0.4, -0.2) is 19.9 Å². The Morgan fingerprint density at radius 2 is 1.75 bits per heavy atom. The molecule has 0 radical (unpaired) electrons. The monoisotopic (exact) mass is 361 g/mol. The molecule has 0 saturated carbocycles. The Morgan fingerprint density at radius 1 is 1.25 bits per heavy atom. The van der Waals surface area contributed by atoms with Crippen molar-refractivity contribution in [2.24, 2.45) is 0 Å². The van der Waals surface area contributed by atoms with Crippen molar-refractivity contribution in [3.05, 3.63) is 27.5 Å². The van der Waals surface area contributed by atoms with Gasteiger partial charge in [0, 0.05) is 16.2 Å². The number of amides is 1. The smallest absolute Gasteiger partial charge is 0.264 e. The number of halogens is 4. The highest BCUT2D eigenvalue weighted by atomic mass is 35.7. The Kier molecular flexibility index (Phi) is 4.96. The van der Waals surface area contributed by atoms with Crippen molar-refractivity contribution in [2.75, 3.05) is 0 Å². The molecule has 0 aliphatic rings. The lowest BCUT2D eigenvalue weighted by atomic mass is 10.1. The second-order valence-corrected chi connectivity index (χ2v) is 8.26. The van der Waals surface area contributed by atoms with Crippen LogP contribution in [0.4, 0.5) is 4.39 Å². The number of carbonyl (C=O) groups excluding carboxylic acids is 1. The Balaban J connectivity index is 3.53. The lowest BCUT2D eigenvalue weighted by Gasteiger charge is -2.21. The van der Waals surface area contributed by atoms with Gasteiger partial charge in [0.15, 0.2) is 0 Å². The van der Waals surface area contributed by atoms with Crippen LogP contribution in [0.3, 0.4) is 0 Å². The zero-order chi connectivity index (χ0) is 15.9. The van der Waals surface area contributed by atoms with Crippen molar-refractivity contribution in [1.29, 1.82) is 0 Å². The first kappa shape index (κ1) is 17.5. The van der Waals surface area contributed by atoms with Crippen LogP contribution in [0.25, 0.3) is 0 Å². The minimum atomic E-state index is -4.40. The van der Waals surface area contributed by atoms with Gasteiger partial charge in [-0.15, -0.1) is 0 Å². The van der Waals surface area contributed by atoms with Gasteiger partial charge in [0.2, 0.25) is 0 Å². The van der Waals surface area contributed by atoms with Crippen LogP contribution in [0.2, 0.25) is 10.0 Å². The topological polar surface area (TPSA) is 63.2 Å². The highest BCUT2D eigenvalue weighted by Crippen LogP contribution is 2.36. The van der Waals surface area contributed by atoms with Gasteiger partial charge in [0.05, 0.1) is 15.6 Å². The lowest BCUT2D eigenvalue weighted by Crippen LogP contribution is -2.40. The summed E-state index contributed by atoms with van der Waals surface area (Å²) in [6.45, 7) is 5.10. The molecule has 0 aromatic heterocycles. The third-order valence-corrected chi connectivity index (χ3v) is 4.44. The standard InChI is InChI=1S/C11H11Cl3FNO3S/c1-11(2,3)16-10(17)5-4-6(15)8(13)9(7(5)12)20(14,18)19/h4H,1-3H3,(H,16,17). The van der Waals surface area contributed by atoms with E-state index in [4.69, 9.17) is 33.9 Å². The number of rotatable bonds is 2. The molecule has 1 N–H and O–H groups in total. The van der Waals surface area contributed by atoms with Crippen molar-refractivity contribution in [3.63, 3.8) is 0 Å². The molecule has 0 heterocycles. The summed E-state index contributed by atoms with van der Waals surface area (Å²) < 4.78 is 36.4. The summed E-state index contributed by atoms with van der Waals surface area (Å²) in [7, 11) is 0.758. The fourth-order valence-electron chi connectivity index (χ4n) is 1.37. The van der Waals surface area contributed by atoms with E-state index < -0.39 is 41.3 Å². The van der Waals surface area contributed by atoms with E-state index >= 15 is 0 Å². The molecule has 0 fully saturated rings. The van der Waals surface area contributed by atoms with Gasteiger partial charge in [-0.3, -0.25) is 4.79 Å². The van der Waals surface area contributed by atoms with Crippen molar-refractivity contribution in [3.8, 4) is 0 Å². The predicted octanol–water partition coefficient (Wildman–Crippen LogP) is 3.59. The average Bonchev–Trinajstić information content (AvgIpc) is 2.18.